The Kier molecular flexibility index (Phi) is 5.69. The highest BCUT2D eigenvalue weighted by Gasteiger charge is 2.08. The summed E-state index contributed by atoms with van der Waals surface area (Å²) < 4.78 is 8.62. The average Bonchev–Trinajstić information content (AvgIpc) is 2.77. The van der Waals surface area contributed by atoms with Crippen LogP contribution in [-0.2, 0) is 0 Å². The molecule has 4 aromatic rings. The lowest BCUT2D eigenvalue weighted by Crippen LogP contribution is -1.95. The number of nitrogens with one attached hydrogen (secondary N) is 2. The molecule has 6 nitrogen and oxygen atoms in total. The number of nitrogens with zero attached hydrogens (tertiary/aromatic N) is 3. The molecule has 2 aromatic carbocycles. The number of fused-ring (bicyclic) bond motifs is 1. The van der Waals surface area contributed by atoms with E-state index in [4.69, 9.17) is 16.3 Å². The van der Waals surface area contributed by atoms with Crippen molar-refractivity contribution in [3.63, 3.8) is 0 Å². The van der Waals surface area contributed by atoms with Crippen LogP contribution in [0.1, 0.15) is 0 Å². The quantitative estimate of drug-likeness (QED) is 0.396. The zero-order valence-electron chi connectivity index (χ0n) is 15.8. The first-order chi connectivity index (χ1) is 14.2. The van der Waals surface area contributed by atoms with Gasteiger partial charge in [0, 0.05) is 30.5 Å². The molecule has 146 valence electrons. The number of hydrogen-bond donors (Lipinski definition) is 2. The van der Waals surface area contributed by atoms with E-state index in [0.717, 1.165) is 32.6 Å². The van der Waals surface area contributed by atoms with Gasteiger partial charge in [-0.2, -0.15) is 0 Å². The average molecular weight is 424 g/mol. The summed E-state index contributed by atoms with van der Waals surface area (Å²) in [5, 5.41) is 4.51. The topological polar surface area (TPSA) is 72.0 Å². The fourth-order valence-corrected chi connectivity index (χ4v) is 3.83. The Labute approximate surface area is 177 Å². The molecule has 0 aliphatic heterocycles. The Morgan fingerprint density at radius 1 is 1.00 bits per heavy atom. The summed E-state index contributed by atoms with van der Waals surface area (Å²) in [5.41, 5.74) is 4.04. The molecule has 0 saturated heterocycles. The van der Waals surface area contributed by atoms with Crippen LogP contribution in [0.2, 0.25) is 5.02 Å². The Morgan fingerprint density at radius 3 is 2.69 bits per heavy atom. The van der Waals surface area contributed by atoms with Crippen molar-refractivity contribution in [2.45, 2.75) is 4.90 Å². The van der Waals surface area contributed by atoms with Crippen LogP contribution < -0.4 is 14.8 Å². The van der Waals surface area contributed by atoms with Gasteiger partial charge >= 0.3 is 0 Å². The number of ether oxygens (including phenoxy) is 1. The Bertz CT molecular complexity index is 1170. The van der Waals surface area contributed by atoms with E-state index in [1.54, 1.807) is 20.4 Å². The molecule has 8 heteroatoms. The SMILES string of the molecule is CNc1ncc2cc(-c3cccc(NSc4cc(Cl)cnc4OC)c3)ccc2n1. The highest BCUT2D eigenvalue weighted by atomic mass is 35.5. The minimum atomic E-state index is 0.526. The van der Waals surface area contributed by atoms with Gasteiger partial charge in [-0.05, 0) is 53.4 Å². The summed E-state index contributed by atoms with van der Waals surface area (Å²) in [7, 11) is 3.39. The van der Waals surface area contributed by atoms with Gasteiger partial charge in [0.05, 0.1) is 22.5 Å². The fourth-order valence-electron chi connectivity index (χ4n) is 2.84. The van der Waals surface area contributed by atoms with Crippen molar-refractivity contribution in [2.75, 3.05) is 24.2 Å². The fraction of sp³-hybridized carbons (Fsp3) is 0.0952. The van der Waals surface area contributed by atoms with Crippen molar-refractivity contribution in [1.29, 1.82) is 0 Å². The third-order valence-corrected chi connectivity index (χ3v) is 5.31. The number of pyridine rings is 1. The van der Waals surface area contributed by atoms with Crippen LogP contribution in [0.5, 0.6) is 5.88 Å². The van der Waals surface area contributed by atoms with Crippen LogP contribution in [0.3, 0.4) is 0 Å². The maximum absolute atomic E-state index is 6.05. The molecule has 4 rings (SSSR count). The van der Waals surface area contributed by atoms with Crippen LogP contribution in [0.15, 0.2) is 65.8 Å². The van der Waals surface area contributed by atoms with Gasteiger partial charge in [0.2, 0.25) is 11.8 Å². The Hall–Kier alpha value is -3.03. The normalized spacial score (nSPS) is 10.7. The van der Waals surface area contributed by atoms with Crippen LogP contribution in [0, 0.1) is 0 Å². The highest BCUT2D eigenvalue weighted by molar-refractivity contribution is 8.00. The second-order valence-corrected chi connectivity index (χ2v) is 7.45. The number of rotatable bonds is 6. The maximum atomic E-state index is 6.05. The first-order valence-corrected chi connectivity index (χ1v) is 10.0. The largest absolute Gasteiger partial charge is 0.480 e. The van der Waals surface area contributed by atoms with E-state index >= 15 is 0 Å². The molecule has 0 amide bonds. The summed E-state index contributed by atoms with van der Waals surface area (Å²) in [6.07, 6.45) is 3.39. The van der Waals surface area contributed by atoms with Crippen molar-refractivity contribution >= 4 is 46.1 Å². The van der Waals surface area contributed by atoms with E-state index in [9.17, 15) is 0 Å². The predicted octanol–water partition coefficient (Wildman–Crippen LogP) is 5.51. The molecule has 0 spiro atoms. The van der Waals surface area contributed by atoms with Gasteiger partial charge in [0.25, 0.3) is 0 Å². The second-order valence-electron chi connectivity index (χ2n) is 6.16. The van der Waals surface area contributed by atoms with Gasteiger partial charge < -0.3 is 14.8 Å². The Balaban J connectivity index is 1.57. The maximum Gasteiger partial charge on any atom is 0.228 e. The van der Waals surface area contributed by atoms with E-state index in [1.807, 2.05) is 30.5 Å². The van der Waals surface area contributed by atoms with E-state index < -0.39 is 0 Å². The van der Waals surface area contributed by atoms with Crippen molar-refractivity contribution in [2.24, 2.45) is 0 Å². The third kappa shape index (κ3) is 4.36. The van der Waals surface area contributed by atoms with E-state index in [2.05, 4.69) is 49.3 Å². The van der Waals surface area contributed by atoms with Crippen molar-refractivity contribution in [3.8, 4) is 17.0 Å². The highest BCUT2D eigenvalue weighted by Crippen LogP contribution is 2.32. The summed E-state index contributed by atoms with van der Waals surface area (Å²) in [4.78, 5) is 13.8. The van der Waals surface area contributed by atoms with E-state index in [1.165, 1.54) is 11.9 Å². The lowest BCUT2D eigenvalue weighted by atomic mass is 10.0. The predicted molar refractivity (Wildman–Crippen MR) is 120 cm³/mol. The standard InChI is InChI=1S/C21H18ClN5OS/c1-23-21-25-11-15-8-14(6-7-18(15)26-21)13-4-3-5-17(9-13)27-29-19-10-16(22)12-24-20(19)28-2/h3-12,27H,1-2H3,(H,23,25,26). The minimum Gasteiger partial charge on any atom is -0.480 e. The van der Waals surface area contributed by atoms with Crippen molar-refractivity contribution in [1.82, 2.24) is 15.0 Å². The molecule has 0 bridgehead atoms. The summed E-state index contributed by atoms with van der Waals surface area (Å²) in [5.74, 6) is 1.14. The van der Waals surface area contributed by atoms with Crippen LogP contribution in [-0.4, -0.2) is 29.1 Å². The molecular formula is C21H18ClN5OS. The first kappa shape index (κ1) is 19.3. The minimum absolute atomic E-state index is 0.526. The molecule has 0 unspecified atom stereocenters. The molecule has 29 heavy (non-hydrogen) atoms. The molecular weight excluding hydrogens is 406 g/mol. The van der Waals surface area contributed by atoms with Crippen LogP contribution in [0.25, 0.3) is 22.0 Å². The molecule has 0 radical (unpaired) electrons. The lowest BCUT2D eigenvalue weighted by Gasteiger charge is -2.11. The Morgan fingerprint density at radius 2 is 1.86 bits per heavy atom. The summed E-state index contributed by atoms with van der Waals surface area (Å²) >= 11 is 7.45. The van der Waals surface area contributed by atoms with E-state index in [-0.39, 0.29) is 0 Å². The zero-order valence-corrected chi connectivity index (χ0v) is 17.4. The first-order valence-electron chi connectivity index (χ1n) is 8.83. The number of methoxy groups -OCH3 is 1. The number of anilines is 2. The molecule has 2 N–H and O–H groups in total. The van der Waals surface area contributed by atoms with Gasteiger partial charge in [0.15, 0.2) is 0 Å². The summed E-state index contributed by atoms with van der Waals surface area (Å²) in [6.45, 7) is 0. The van der Waals surface area contributed by atoms with Gasteiger partial charge in [0.1, 0.15) is 0 Å². The number of hydrogen-bond acceptors (Lipinski definition) is 7. The molecule has 0 saturated carbocycles. The third-order valence-electron chi connectivity index (χ3n) is 4.26. The molecule has 2 aromatic heterocycles. The molecule has 0 aliphatic rings. The van der Waals surface area contributed by atoms with E-state index in [0.29, 0.717) is 16.9 Å². The number of halogens is 1. The molecule has 2 heterocycles. The van der Waals surface area contributed by atoms with Gasteiger partial charge in [-0.3, -0.25) is 0 Å². The van der Waals surface area contributed by atoms with Gasteiger partial charge in [-0.15, -0.1) is 0 Å². The van der Waals surface area contributed by atoms with Crippen LogP contribution in [0.4, 0.5) is 11.6 Å². The van der Waals surface area contributed by atoms with Crippen molar-refractivity contribution in [3.05, 3.63) is 65.9 Å². The van der Waals surface area contributed by atoms with Crippen LogP contribution >= 0.6 is 23.5 Å². The number of aromatic nitrogens is 3. The summed E-state index contributed by atoms with van der Waals surface area (Å²) in [6, 6.07) is 16.1. The smallest absolute Gasteiger partial charge is 0.228 e. The molecule has 0 fully saturated rings. The second kappa shape index (κ2) is 8.55. The van der Waals surface area contributed by atoms with Crippen molar-refractivity contribution < 1.29 is 4.74 Å². The monoisotopic (exact) mass is 423 g/mol. The molecule has 0 aliphatic carbocycles. The number of benzene rings is 2. The lowest BCUT2D eigenvalue weighted by molar-refractivity contribution is 0.387. The van der Waals surface area contributed by atoms with Gasteiger partial charge in [-0.25, -0.2) is 15.0 Å². The molecule has 0 atom stereocenters. The van der Waals surface area contributed by atoms with Gasteiger partial charge in [-0.1, -0.05) is 29.8 Å². The zero-order chi connectivity index (χ0) is 20.2.